The highest BCUT2D eigenvalue weighted by Gasteiger charge is 2.26. The molecule has 1 atom stereocenters. The Bertz CT molecular complexity index is 683. The van der Waals surface area contributed by atoms with E-state index in [0.29, 0.717) is 18.3 Å². The number of hydrogen-bond donors (Lipinski definition) is 1. The fraction of sp³-hybridized carbons (Fsp3) is 0.529. The molecular formula is C17H23N3O2. The predicted molar refractivity (Wildman–Crippen MR) is 84.5 cm³/mol. The summed E-state index contributed by atoms with van der Waals surface area (Å²) in [5.41, 5.74) is 0.908. The molecule has 1 N–H and O–H groups in total. The van der Waals surface area contributed by atoms with Crippen LogP contribution < -0.4 is 5.56 Å². The molecule has 0 saturated heterocycles. The minimum atomic E-state index is -0.512. The molecule has 0 spiro atoms. The van der Waals surface area contributed by atoms with Crippen molar-refractivity contribution in [2.24, 2.45) is 13.0 Å². The van der Waals surface area contributed by atoms with Crippen molar-refractivity contribution >= 4 is 0 Å². The van der Waals surface area contributed by atoms with Crippen LogP contribution in [0.4, 0.5) is 0 Å². The fourth-order valence-electron chi connectivity index (χ4n) is 3.27. The number of rotatable bonds is 4. The minimum absolute atomic E-state index is 0.0213. The van der Waals surface area contributed by atoms with Crippen LogP contribution in [0.2, 0.25) is 0 Å². The number of aryl methyl sites for hydroxylation is 1. The number of imidazole rings is 1. The van der Waals surface area contributed by atoms with Crippen molar-refractivity contribution in [2.45, 2.75) is 44.8 Å². The van der Waals surface area contributed by atoms with E-state index in [-0.39, 0.29) is 5.56 Å². The minimum Gasteiger partial charge on any atom is -0.385 e. The molecule has 3 rings (SSSR count). The van der Waals surface area contributed by atoms with Gasteiger partial charge in [-0.3, -0.25) is 4.79 Å². The Labute approximate surface area is 130 Å². The molecule has 2 heterocycles. The summed E-state index contributed by atoms with van der Waals surface area (Å²) in [6.45, 7) is 0.565. The van der Waals surface area contributed by atoms with Gasteiger partial charge in [-0.05, 0) is 30.4 Å². The normalized spacial score (nSPS) is 17.5. The van der Waals surface area contributed by atoms with Gasteiger partial charge in [0.25, 0.3) is 5.56 Å². The summed E-state index contributed by atoms with van der Waals surface area (Å²) in [7, 11) is 1.74. The topological polar surface area (TPSA) is 60.1 Å². The fourth-order valence-corrected chi connectivity index (χ4v) is 3.27. The van der Waals surface area contributed by atoms with E-state index in [2.05, 4.69) is 4.98 Å². The molecule has 22 heavy (non-hydrogen) atoms. The molecular weight excluding hydrogens is 278 g/mol. The third-order valence-corrected chi connectivity index (χ3v) is 4.63. The van der Waals surface area contributed by atoms with E-state index in [4.69, 9.17) is 0 Å². The smallest absolute Gasteiger partial charge is 0.250 e. The van der Waals surface area contributed by atoms with Crippen LogP contribution in [0.5, 0.6) is 0 Å². The third kappa shape index (κ3) is 3.14. The van der Waals surface area contributed by atoms with Crippen LogP contribution in [0.25, 0.3) is 0 Å². The third-order valence-electron chi connectivity index (χ3n) is 4.63. The van der Waals surface area contributed by atoms with Crippen LogP contribution in [0, 0.1) is 5.92 Å². The monoisotopic (exact) mass is 301 g/mol. The Morgan fingerprint density at radius 1 is 1.32 bits per heavy atom. The molecule has 0 amide bonds. The molecule has 1 fully saturated rings. The Balaban J connectivity index is 1.79. The van der Waals surface area contributed by atoms with Gasteiger partial charge in [0, 0.05) is 38.2 Å². The average molecular weight is 301 g/mol. The summed E-state index contributed by atoms with van der Waals surface area (Å²) < 4.78 is 3.50. The van der Waals surface area contributed by atoms with Crippen LogP contribution in [-0.2, 0) is 13.6 Å². The highest BCUT2D eigenvalue weighted by Crippen LogP contribution is 2.33. The second kappa shape index (κ2) is 6.48. The highest BCUT2D eigenvalue weighted by atomic mass is 16.3. The van der Waals surface area contributed by atoms with Gasteiger partial charge in [0.15, 0.2) is 0 Å². The molecule has 1 aliphatic rings. The molecule has 2 aromatic heterocycles. The lowest BCUT2D eigenvalue weighted by molar-refractivity contribution is 0.0743. The number of nitrogens with zero attached hydrogens (tertiary/aromatic N) is 3. The maximum absolute atomic E-state index is 11.7. The summed E-state index contributed by atoms with van der Waals surface area (Å²) in [6, 6.07) is 3.56. The van der Waals surface area contributed by atoms with E-state index in [1.165, 1.54) is 19.3 Å². The first-order chi connectivity index (χ1) is 10.6. The molecule has 118 valence electrons. The molecule has 1 saturated carbocycles. The van der Waals surface area contributed by atoms with Crippen molar-refractivity contribution in [3.63, 3.8) is 0 Å². The zero-order valence-corrected chi connectivity index (χ0v) is 13.0. The lowest BCUT2D eigenvalue weighted by Crippen LogP contribution is -2.21. The van der Waals surface area contributed by atoms with Gasteiger partial charge in [0.05, 0.1) is 0 Å². The number of pyridine rings is 1. The average Bonchev–Trinajstić information content (AvgIpc) is 2.99. The zero-order chi connectivity index (χ0) is 15.5. The molecule has 0 aromatic carbocycles. The van der Waals surface area contributed by atoms with E-state index in [1.807, 2.05) is 16.8 Å². The first-order valence-electron chi connectivity index (χ1n) is 8.00. The SMILES string of the molecule is Cn1ccc(Cn2ccnc2C(O)C2CCCCC2)cc1=O. The first-order valence-corrected chi connectivity index (χ1v) is 8.00. The van der Waals surface area contributed by atoms with Crippen LogP contribution in [0.1, 0.15) is 49.6 Å². The van der Waals surface area contributed by atoms with Gasteiger partial charge in [-0.1, -0.05) is 19.3 Å². The quantitative estimate of drug-likeness (QED) is 0.942. The summed E-state index contributed by atoms with van der Waals surface area (Å²) in [5, 5.41) is 10.6. The van der Waals surface area contributed by atoms with Crippen LogP contribution in [0.15, 0.2) is 35.5 Å². The second-order valence-electron chi connectivity index (χ2n) is 6.24. The Hall–Kier alpha value is -1.88. The second-order valence-corrected chi connectivity index (χ2v) is 6.24. The Morgan fingerprint density at radius 2 is 2.09 bits per heavy atom. The maximum atomic E-state index is 11.7. The van der Waals surface area contributed by atoms with Gasteiger partial charge >= 0.3 is 0 Å². The van der Waals surface area contributed by atoms with Crippen molar-refractivity contribution in [1.82, 2.24) is 14.1 Å². The van der Waals surface area contributed by atoms with Crippen molar-refractivity contribution < 1.29 is 5.11 Å². The summed E-state index contributed by atoms with van der Waals surface area (Å²) in [4.78, 5) is 16.1. The lowest BCUT2D eigenvalue weighted by atomic mass is 9.85. The van der Waals surface area contributed by atoms with Crippen molar-refractivity contribution in [2.75, 3.05) is 0 Å². The van der Waals surface area contributed by atoms with Crippen molar-refractivity contribution in [1.29, 1.82) is 0 Å². The Kier molecular flexibility index (Phi) is 4.43. The summed E-state index contributed by atoms with van der Waals surface area (Å²) >= 11 is 0. The molecule has 5 nitrogen and oxygen atoms in total. The van der Waals surface area contributed by atoms with E-state index < -0.39 is 6.10 Å². The van der Waals surface area contributed by atoms with Crippen LogP contribution in [-0.4, -0.2) is 19.2 Å². The van der Waals surface area contributed by atoms with Gasteiger partial charge in [-0.2, -0.15) is 0 Å². The van der Waals surface area contributed by atoms with Crippen LogP contribution >= 0.6 is 0 Å². The van der Waals surface area contributed by atoms with Gasteiger partial charge in [-0.15, -0.1) is 0 Å². The van der Waals surface area contributed by atoms with Gasteiger partial charge < -0.3 is 14.2 Å². The van der Waals surface area contributed by atoms with Crippen LogP contribution in [0.3, 0.4) is 0 Å². The van der Waals surface area contributed by atoms with E-state index in [0.717, 1.165) is 18.4 Å². The van der Waals surface area contributed by atoms with E-state index >= 15 is 0 Å². The maximum Gasteiger partial charge on any atom is 0.250 e. The summed E-state index contributed by atoms with van der Waals surface area (Å²) in [6.07, 6.45) is 10.6. The highest BCUT2D eigenvalue weighted by molar-refractivity contribution is 5.13. The predicted octanol–water partition coefficient (Wildman–Crippen LogP) is 2.24. The summed E-state index contributed by atoms with van der Waals surface area (Å²) in [5.74, 6) is 1.02. The van der Waals surface area contributed by atoms with Gasteiger partial charge in [0.2, 0.25) is 0 Å². The zero-order valence-electron chi connectivity index (χ0n) is 13.0. The lowest BCUT2D eigenvalue weighted by Gasteiger charge is -2.26. The van der Waals surface area contributed by atoms with E-state index in [1.54, 1.807) is 30.1 Å². The van der Waals surface area contributed by atoms with Gasteiger partial charge in [-0.25, -0.2) is 4.98 Å². The number of aromatic nitrogens is 3. The van der Waals surface area contributed by atoms with E-state index in [9.17, 15) is 9.90 Å². The molecule has 0 aliphatic heterocycles. The number of aliphatic hydroxyl groups is 1. The molecule has 5 heteroatoms. The Morgan fingerprint density at radius 3 is 2.82 bits per heavy atom. The van der Waals surface area contributed by atoms with Gasteiger partial charge in [0.1, 0.15) is 11.9 Å². The molecule has 0 radical (unpaired) electrons. The standard InChI is InChI=1S/C17H23N3O2/c1-19-9-7-13(11-15(19)21)12-20-10-8-18-17(20)16(22)14-5-3-2-4-6-14/h7-11,14,16,22H,2-6,12H2,1H3. The van der Waals surface area contributed by atoms with Crippen molar-refractivity contribution in [3.8, 4) is 0 Å². The molecule has 1 aliphatic carbocycles. The first kappa shape index (κ1) is 15.0. The molecule has 1 unspecified atom stereocenters. The van der Waals surface area contributed by atoms with Crippen molar-refractivity contribution in [3.05, 3.63) is 52.5 Å². The molecule has 0 bridgehead atoms. The largest absolute Gasteiger partial charge is 0.385 e. The molecule has 2 aromatic rings. The number of hydrogen-bond acceptors (Lipinski definition) is 3. The number of aliphatic hydroxyl groups excluding tert-OH is 1.